The predicted octanol–water partition coefficient (Wildman–Crippen LogP) is 0.0213. The molecule has 0 aromatic carbocycles. The standard InChI is InChI=1S/C9H17N3O3S/c1-3-7(6-13)12-16(14,15)9-5-10-8(4-2)11-9/h5,7,12-13H,3-4,6H2,1-2H3,(H,10,11)/t7-/m0/s1. The molecular weight excluding hydrogens is 230 g/mol. The number of aliphatic hydroxyl groups is 1. The van der Waals surface area contributed by atoms with E-state index < -0.39 is 16.1 Å². The normalized spacial score (nSPS) is 13.9. The van der Waals surface area contributed by atoms with Gasteiger partial charge >= 0.3 is 0 Å². The van der Waals surface area contributed by atoms with E-state index in [0.29, 0.717) is 18.7 Å². The van der Waals surface area contributed by atoms with Crippen molar-refractivity contribution in [3.63, 3.8) is 0 Å². The number of aromatic amines is 1. The molecule has 0 radical (unpaired) electrons. The number of H-pyrrole nitrogens is 1. The zero-order chi connectivity index (χ0) is 12.2. The Morgan fingerprint density at radius 1 is 1.56 bits per heavy atom. The molecule has 0 saturated heterocycles. The highest BCUT2D eigenvalue weighted by Gasteiger charge is 2.20. The molecule has 1 rings (SSSR count). The number of nitrogens with zero attached hydrogens (tertiary/aromatic N) is 1. The van der Waals surface area contributed by atoms with Crippen molar-refractivity contribution in [1.82, 2.24) is 14.7 Å². The predicted molar refractivity (Wildman–Crippen MR) is 59.5 cm³/mol. The number of nitrogens with one attached hydrogen (secondary N) is 2. The van der Waals surface area contributed by atoms with Crippen molar-refractivity contribution >= 4 is 10.0 Å². The van der Waals surface area contributed by atoms with Gasteiger partial charge in [0.25, 0.3) is 10.0 Å². The molecule has 1 aromatic heterocycles. The van der Waals surface area contributed by atoms with E-state index in [2.05, 4.69) is 14.7 Å². The molecule has 0 aliphatic heterocycles. The first-order chi connectivity index (χ1) is 7.53. The Morgan fingerprint density at radius 2 is 2.25 bits per heavy atom. The maximum atomic E-state index is 11.8. The van der Waals surface area contributed by atoms with Gasteiger partial charge in [0.05, 0.1) is 12.8 Å². The fraction of sp³-hybridized carbons (Fsp3) is 0.667. The molecule has 16 heavy (non-hydrogen) atoms. The van der Waals surface area contributed by atoms with Crippen molar-refractivity contribution in [3.05, 3.63) is 12.0 Å². The lowest BCUT2D eigenvalue weighted by Crippen LogP contribution is -2.37. The summed E-state index contributed by atoms with van der Waals surface area (Å²) < 4.78 is 26.0. The van der Waals surface area contributed by atoms with Crippen LogP contribution in [0.4, 0.5) is 0 Å². The molecule has 3 N–H and O–H groups in total. The van der Waals surface area contributed by atoms with Gasteiger partial charge in [0.15, 0.2) is 5.03 Å². The molecular formula is C9H17N3O3S. The Bertz CT molecular complexity index is 423. The molecule has 0 bridgehead atoms. The van der Waals surface area contributed by atoms with E-state index in [1.807, 2.05) is 6.92 Å². The summed E-state index contributed by atoms with van der Waals surface area (Å²) in [6.07, 6.45) is 2.46. The number of rotatable bonds is 6. The Morgan fingerprint density at radius 3 is 2.69 bits per heavy atom. The summed E-state index contributed by atoms with van der Waals surface area (Å²) in [6, 6.07) is -0.460. The van der Waals surface area contributed by atoms with E-state index >= 15 is 0 Å². The molecule has 0 saturated carbocycles. The average molecular weight is 247 g/mol. The van der Waals surface area contributed by atoms with Gasteiger partial charge in [-0.05, 0) is 6.42 Å². The minimum atomic E-state index is -3.60. The van der Waals surface area contributed by atoms with E-state index in [1.54, 1.807) is 6.92 Å². The van der Waals surface area contributed by atoms with Crippen LogP contribution >= 0.6 is 0 Å². The fourth-order valence-corrected chi connectivity index (χ4v) is 2.44. The molecule has 0 amide bonds. The van der Waals surface area contributed by atoms with Crippen LogP contribution in [0.5, 0.6) is 0 Å². The monoisotopic (exact) mass is 247 g/mol. The summed E-state index contributed by atoms with van der Waals surface area (Å²) in [6.45, 7) is 3.46. The van der Waals surface area contributed by atoms with Crippen LogP contribution < -0.4 is 4.72 Å². The number of aryl methyl sites for hydroxylation is 1. The van der Waals surface area contributed by atoms with Gasteiger partial charge in [-0.15, -0.1) is 0 Å². The first-order valence-electron chi connectivity index (χ1n) is 5.20. The maximum absolute atomic E-state index is 11.8. The van der Waals surface area contributed by atoms with Crippen LogP contribution in [0.15, 0.2) is 11.2 Å². The molecule has 1 aromatic rings. The number of hydrogen-bond donors (Lipinski definition) is 3. The second-order valence-electron chi connectivity index (χ2n) is 3.46. The molecule has 1 heterocycles. The third-order valence-electron chi connectivity index (χ3n) is 2.26. The van der Waals surface area contributed by atoms with Gasteiger partial charge in [-0.3, -0.25) is 0 Å². The van der Waals surface area contributed by atoms with Gasteiger partial charge in [-0.25, -0.2) is 18.1 Å². The fourth-order valence-electron chi connectivity index (χ4n) is 1.19. The number of aliphatic hydroxyl groups excluding tert-OH is 1. The number of aromatic nitrogens is 2. The van der Waals surface area contributed by atoms with Gasteiger partial charge in [0.1, 0.15) is 5.82 Å². The highest BCUT2D eigenvalue weighted by molar-refractivity contribution is 7.89. The second kappa shape index (κ2) is 5.42. The van der Waals surface area contributed by atoms with Crippen LogP contribution in [0.2, 0.25) is 0 Å². The zero-order valence-electron chi connectivity index (χ0n) is 9.40. The smallest absolute Gasteiger partial charge is 0.257 e. The van der Waals surface area contributed by atoms with Gasteiger partial charge in [0.2, 0.25) is 0 Å². The minimum absolute atomic E-state index is 0.0382. The number of sulfonamides is 1. The van der Waals surface area contributed by atoms with E-state index in [4.69, 9.17) is 5.11 Å². The summed E-state index contributed by atoms with van der Waals surface area (Å²) in [5.41, 5.74) is 0. The highest BCUT2D eigenvalue weighted by Crippen LogP contribution is 2.07. The maximum Gasteiger partial charge on any atom is 0.257 e. The Kier molecular flexibility index (Phi) is 4.45. The van der Waals surface area contributed by atoms with E-state index in [-0.39, 0.29) is 11.6 Å². The molecule has 7 heteroatoms. The summed E-state index contributed by atoms with van der Waals surface area (Å²) >= 11 is 0. The Hall–Kier alpha value is -0.920. The van der Waals surface area contributed by atoms with E-state index in [9.17, 15) is 8.42 Å². The first-order valence-corrected chi connectivity index (χ1v) is 6.68. The van der Waals surface area contributed by atoms with Crippen LogP contribution in [-0.2, 0) is 16.4 Å². The quantitative estimate of drug-likeness (QED) is 0.660. The van der Waals surface area contributed by atoms with Crippen LogP contribution in [0, 0.1) is 0 Å². The highest BCUT2D eigenvalue weighted by atomic mass is 32.2. The summed E-state index contributed by atoms with van der Waals surface area (Å²) in [5.74, 6) is 0.623. The lowest BCUT2D eigenvalue weighted by Gasteiger charge is -2.12. The molecule has 0 aliphatic carbocycles. The van der Waals surface area contributed by atoms with Crippen LogP contribution in [0.1, 0.15) is 26.1 Å². The van der Waals surface area contributed by atoms with E-state index in [1.165, 1.54) is 6.20 Å². The third-order valence-corrected chi connectivity index (χ3v) is 3.69. The Balaban J connectivity index is 2.85. The van der Waals surface area contributed by atoms with Crippen molar-refractivity contribution in [2.24, 2.45) is 0 Å². The Labute approximate surface area is 95.2 Å². The second-order valence-corrected chi connectivity index (χ2v) is 5.14. The minimum Gasteiger partial charge on any atom is -0.395 e. The largest absolute Gasteiger partial charge is 0.395 e. The van der Waals surface area contributed by atoms with Gasteiger partial charge in [-0.1, -0.05) is 13.8 Å². The van der Waals surface area contributed by atoms with Crippen molar-refractivity contribution in [2.75, 3.05) is 6.61 Å². The summed E-state index contributed by atoms with van der Waals surface area (Å²) in [7, 11) is -3.60. The van der Waals surface area contributed by atoms with Gasteiger partial charge in [-0.2, -0.15) is 0 Å². The van der Waals surface area contributed by atoms with Crippen LogP contribution in [0.25, 0.3) is 0 Å². The molecule has 1 atom stereocenters. The van der Waals surface area contributed by atoms with Crippen molar-refractivity contribution in [2.45, 2.75) is 37.8 Å². The first kappa shape index (κ1) is 13.1. The average Bonchev–Trinajstić information content (AvgIpc) is 2.75. The zero-order valence-corrected chi connectivity index (χ0v) is 10.2. The van der Waals surface area contributed by atoms with E-state index in [0.717, 1.165) is 0 Å². The number of imidazole rings is 1. The third kappa shape index (κ3) is 3.03. The summed E-state index contributed by atoms with van der Waals surface area (Å²) in [4.78, 5) is 6.64. The molecule has 6 nitrogen and oxygen atoms in total. The molecule has 0 aliphatic rings. The van der Waals surface area contributed by atoms with Gasteiger partial charge < -0.3 is 10.1 Å². The summed E-state index contributed by atoms with van der Waals surface area (Å²) in [5, 5.41) is 8.97. The van der Waals surface area contributed by atoms with Crippen molar-refractivity contribution < 1.29 is 13.5 Å². The molecule has 0 spiro atoms. The number of hydrogen-bond acceptors (Lipinski definition) is 4. The topological polar surface area (TPSA) is 95.1 Å². The molecule has 0 unspecified atom stereocenters. The van der Waals surface area contributed by atoms with Crippen LogP contribution in [-0.4, -0.2) is 36.1 Å². The van der Waals surface area contributed by atoms with Crippen molar-refractivity contribution in [1.29, 1.82) is 0 Å². The SMILES string of the molecule is CCc1ncc(S(=O)(=O)N[C@@H](CC)CO)[nH]1. The van der Waals surface area contributed by atoms with Gasteiger partial charge in [0, 0.05) is 12.5 Å². The molecule has 92 valence electrons. The van der Waals surface area contributed by atoms with Crippen LogP contribution in [0.3, 0.4) is 0 Å². The lowest BCUT2D eigenvalue weighted by atomic mass is 10.3. The molecule has 0 fully saturated rings. The van der Waals surface area contributed by atoms with Crippen molar-refractivity contribution in [3.8, 4) is 0 Å². The lowest BCUT2D eigenvalue weighted by molar-refractivity contribution is 0.253.